The summed E-state index contributed by atoms with van der Waals surface area (Å²) in [6.07, 6.45) is 5.29. The van der Waals surface area contributed by atoms with Crippen LogP contribution in [0.2, 0.25) is 0 Å². The van der Waals surface area contributed by atoms with Crippen LogP contribution in [0.15, 0.2) is 18.3 Å². The van der Waals surface area contributed by atoms with Gasteiger partial charge < -0.3 is 10.6 Å². The van der Waals surface area contributed by atoms with Crippen molar-refractivity contribution in [1.82, 2.24) is 9.88 Å². The van der Waals surface area contributed by atoms with E-state index in [1.807, 2.05) is 12.3 Å². The molecule has 3 heteroatoms. The summed E-state index contributed by atoms with van der Waals surface area (Å²) in [5.74, 6) is 0.469. The molecule has 1 aliphatic rings. The van der Waals surface area contributed by atoms with Gasteiger partial charge >= 0.3 is 0 Å². The zero-order valence-corrected chi connectivity index (χ0v) is 11.6. The average Bonchev–Trinajstić information content (AvgIpc) is 2.83. The van der Waals surface area contributed by atoms with Gasteiger partial charge in [-0.3, -0.25) is 4.98 Å². The largest absolute Gasteiger partial charge is 0.327 e. The SMILES string of the molecule is CCN(CC)CCC(N)C1CCc2cccnc21. The number of hydrogen-bond acceptors (Lipinski definition) is 3. The molecule has 0 spiro atoms. The highest BCUT2D eigenvalue weighted by atomic mass is 15.1. The Balaban J connectivity index is 1.93. The molecule has 1 aromatic rings. The van der Waals surface area contributed by atoms with E-state index in [1.54, 1.807) is 0 Å². The molecule has 2 unspecified atom stereocenters. The van der Waals surface area contributed by atoms with Crippen LogP contribution >= 0.6 is 0 Å². The number of fused-ring (bicyclic) bond motifs is 1. The molecule has 2 N–H and O–H groups in total. The summed E-state index contributed by atoms with van der Waals surface area (Å²) in [4.78, 5) is 6.97. The van der Waals surface area contributed by atoms with E-state index in [0.29, 0.717) is 5.92 Å². The quantitative estimate of drug-likeness (QED) is 0.837. The predicted molar refractivity (Wildman–Crippen MR) is 75.7 cm³/mol. The van der Waals surface area contributed by atoms with Gasteiger partial charge in [-0.1, -0.05) is 19.9 Å². The summed E-state index contributed by atoms with van der Waals surface area (Å²) in [6, 6.07) is 4.48. The van der Waals surface area contributed by atoms with Gasteiger partial charge in [0.15, 0.2) is 0 Å². The van der Waals surface area contributed by atoms with E-state index in [4.69, 9.17) is 5.73 Å². The monoisotopic (exact) mass is 247 g/mol. The first-order chi connectivity index (χ1) is 8.76. The number of aryl methyl sites for hydroxylation is 1. The van der Waals surface area contributed by atoms with Crippen molar-refractivity contribution in [2.45, 2.75) is 45.1 Å². The molecular weight excluding hydrogens is 222 g/mol. The summed E-state index contributed by atoms with van der Waals surface area (Å²) in [6.45, 7) is 7.75. The van der Waals surface area contributed by atoms with Crippen molar-refractivity contribution >= 4 is 0 Å². The van der Waals surface area contributed by atoms with Crippen molar-refractivity contribution in [2.24, 2.45) is 5.73 Å². The minimum Gasteiger partial charge on any atom is -0.327 e. The molecule has 0 bridgehead atoms. The van der Waals surface area contributed by atoms with E-state index in [2.05, 4.69) is 29.8 Å². The Morgan fingerprint density at radius 1 is 1.44 bits per heavy atom. The number of aromatic nitrogens is 1. The normalized spacial score (nSPS) is 20.1. The van der Waals surface area contributed by atoms with Crippen molar-refractivity contribution in [1.29, 1.82) is 0 Å². The second kappa shape index (κ2) is 6.30. The highest BCUT2D eigenvalue weighted by Gasteiger charge is 2.28. The Bertz CT molecular complexity index is 374. The lowest BCUT2D eigenvalue weighted by molar-refractivity contribution is 0.282. The van der Waals surface area contributed by atoms with Crippen LogP contribution in [-0.4, -0.2) is 35.6 Å². The van der Waals surface area contributed by atoms with E-state index in [9.17, 15) is 0 Å². The smallest absolute Gasteiger partial charge is 0.0482 e. The van der Waals surface area contributed by atoms with Crippen LogP contribution in [0.25, 0.3) is 0 Å². The minimum absolute atomic E-state index is 0.252. The highest BCUT2D eigenvalue weighted by molar-refractivity contribution is 5.29. The average molecular weight is 247 g/mol. The molecular formula is C15H25N3. The summed E-state index contributed by atoms with van der Waals surface area (Å²) in [5, 5.41) is 0. The van der Waals surface area contributed by atoms with Gasteiger partial charge in [-0.25, -0.2) is 0 Å². The van der Waals surface area contributed by atoms with Crippen LogP contribution in [0.4, 0.5) is 0 Å². The van der Waals surface area contributed by atoms with Gasteiger partial charge in [0.25, 0.3) is 0 Å². The summed E-state index contributed by atoms with van der Waals surface area (Å²) < 4.78 is 0. The Morgan fingerprint density at radius 2 is 2.22 bits per heavy atom. The molecule has 0 saturated heterocycles. The van der Waals surface area contributed by atoms with Gasteiger partial charge in [-0.15, -0.1) is 0 Å². The number of pyridine rings is 1. The molecule has 1 aromatic heterocycles. The molecule has 1 aliphatic carbocycles. The van der Waals surface area contributed by atoms with Crippen LogP contribution in [0.5, 0.6) is 0 Å². The van der Waals surface area contributed by atoms with Crippen molar-refractivity contribution in [3.63, 3.8) is 0 Å². The number of nitrogens with zero attached hydrogens (tertiary/aromatic N) is 2. The predicted octanol–water partition coefficient (Wildman–Crippen LogP) is 2.17. The van der Waals surface area contributed by atoms with E-state index in [1.165, 1.54) is 17.7 Å². The third kappa shape index (κ3) is 2.90. The number of nitrogens with two attached hydrogens (primary N) is 1. The fourth-order valence-corrected chi connectivity index (χ4v) is 2.93. The van der Waals surface area contributed by atoms with Gasteiger partial charge in [0.1, 0.15) is 0 Å². The van der Waals surface area contributed by atoms with Gasteiger partial charge in [0.2, 0.25) is 0 Å². The molecule has 0 aliphatic heterocycles. The molecule has 0 amide bonds. The van der Waals surface area contributed by atoms with Gasteiger partial charge in [-0.05, 0) is 50.5 Å². The van der Waals surface area contributed by atoms with Gasteiger partial charge in [-0.2, -0.15) is 0 Å². The van der Waals surface area contributed by atoms with E-state index >= 15 is 0 Å². The molecule has 3 nitrogen and oxygen atoms in total. The lowest BCUT2D eigenvalue weighted by Gasteiger charge is -2.24. The molecule has 2 atom stereocenters. The second-order valence-electron chi connectivity index (χ2n) is 5.17. The minimum atomic E-state index is 0.252. The molecule has 0 radical (unpaired) electrons. The van der Waals surface area contributed by atoms with Crippen molar-refractivity contribution < 1.29 is 0 Å². The summed E-state index contributed by atoms with van der Waals surface area (Å²) >= 11 is 0. The molecule has 0 fully saturated rings. The molecule has 2 rings (SSSR count). The zero-order valence-electron chi connectivity index (χ0n) is 11.6. The number of hydrogen-bond donors (Lipinski definition) is 1. The Labute approximate surface area is 110 Å². The Kier molecular flexibility index (Phi) is 4.72. The Hall–Kier alpha value is -0.930. The molecule has 100 valence electrons. The van der Waals surface area contributed by atoms with E-state index in [0.717, 1.165) is 32.5 Å². The number of rotatable bonds is 6. The van der Waals surface area contributed by atoms with Crippen molar-refractivity contribution in [3.05, 3.63) is 29.6 Å². The summed E-state index contributed by atoms with van der Waals surface area (Å²) in [7, 11) is 0. The van der Waals surface area contributed by atoms with Gasteiger partial charge in [0, 0.05) is 23.9 Å². The molecule has 0 saturated carbocycles. The van der Waals surface area contributed by atoms with Crippen LogP contribution in [0, 0.1) is 0 Å². The van der Waals surface area contributed by atoms with Gasteiger partial charge in [0.05, 0.1) is 0 Å². The standard InChI is InChI=1S/C15H25N3/c1-3-18(4-2)11-9-14(16)13-8-7-12-6-5-10-17-15(12)13/h5-6,10,13-14H,3-4,7-9,11,16H2,1-2H3. The van der Waals surface area contributed by atoms with Crippen LogP contribution in [-0.2, 0) is 6.42 Å². The molecule has 18 heavy (non-hydrogen) atoms. The second-order valence-corrected chi connectivity index (χ2v) is 5.17. The fraction of sp³-hybridized carbons (Fsp3) is 0.667. The van der Waals surface area contributed by atoms with Crippen LogP contribution < -0.4 is 5.73 Å². The maximum absolute atomic E-state index is 6.38. The third-order valence-electron chi connectivity index (χ3n) is 4.19. The molecule has 0 aromatic carbocycles. The lowest BCUT2D eigenvalue weighted by Crippen LogP contribution is -2.34. The first-order valence-corrected chi connectivity index (χ1v) is 7.18. The first kappa shape index (κ1) is 13.5. The van der Waals surface area contributed by atoms with E-state index in [-0.39, 0.29) is 6.04 Å². The first-order valence-electron chi connectivity index (χ1n) is 7.18. The van der Waals surface area contributed by atoms with Crippen LogP contribution in [0.1, 0.15) is 43.9 Å². The lowest BCUT2D eigenvalue weighted by atomic mass is 9.95. The zero-order chi connectivity index (χ0) is 13.0. The van der Waals surface area contributed by atoms with Crippen LogP contribution in [0.3, 0.4) is 0 Å². The fourth-order valence-electron chi connectivity index (χ4n) is 2.93. The highest BCUT2D eigenvalue weighted by Crippen LogP contribution is 2.33. The van der Waals surface area contributed by atoms with Crippen molar-refractivity contribution in [2.75, 3.05) is 19.6 Å². The van der Waals surface area contributed by atoms with Crippen molar-refractivity contribution in [3.8, 4) is 0 Å². The maximum Gasteiger partial charge on any atom is 0.0482 e. The molecule has 1 heterocycles. The summed E-state index contributed by atoms with van der Waals surface area (Å²) in [5.41, 5.74) is 9.04. The maximum atomic E-state index is 6.38. The van der Waals surface area contributed by atoms with E-state index < -0.39 is 0 Å². The third-order valence-corrected chi connectivity index (χ3v) is 4.19. The Morgan fingerprint density at radius 3 is 2.94 bits per heavy atom. The topological polar surface area (TPSA) is 42.1 Å².